The van der Waals surface area contributed by atoms with Crippen molar-refractivity contribution in [2.24, 2.45) is 0 Å². The van der Waals surface area contributed by atoms with Gasteiger partial charge in [-0.1, -0.05) is 176 Å². The highest BCUT2D eigenvalue weighted by Gasteiger charge is 2.19. The summed E-state index contributed by atoms with van der Waals surface area (Å²) in [6, 6.07) is 0. The maximum atomic E-state index is 12.7. The first-order valence-corrected chi connectivity index (χ1v) is 24.6. The van der Waals surface area contributed by atoms with Crippen molar-refractivity contribution in [1.82, 2.24) is 0 Å². The zero-order valence-corrected chi connectivity index (χ0v) is 38.9. The van der Waals surface area contributed by atoms with Gasteiger partial charge in [0.25, 0.3) is 0 Å². The van der Waals surface area contributed by atoms with Crippen LogP contribution in [0.5, 0.6) is 0 Å². The fraction of sp³-hybridized carbons (Fsp3) is 0.685. The van der Waals surface area contributed by atoms with Gasteiger partial charge in [-0.15, -0.1) is 0 Å². The van der Waals surface area contributed by atoms with E-state index in [2.05, 4.69) is 106 Å². The molecule has 6 nitrogen and oxygen atoms in total. The number of ether oxygens (including phenoxy) is 3. The Labute approximate surface area is 369 Å². The lowest BCUT2D eigenvalue weighted by molar-refractivity contribution is -0.167. The molecule has 0 aromatic heterocycles. The molecule has 0 spiro atoms. The summed E-state index contributed by atoms with van der Waals surface area (Å²) in [4.78, 5) is 37.8. The third kappa shape index (κ3) is 45.7. The molecule has 0 saturated heterocycles. The summed E-state index contributed by atoms with van der Waals surface area (Å²) in [6.45, 7) is 6.33. The summed E-state index contributed by atoms with van der Waals surface area (Å²) in [5, 5.41) is 0. The number of carbonyl (C=O) groups is 3. The number of allylic oxidation sites excluding steroid dienone is 14. The highest BCUT2D eigenvalue weighted by molar-refractivity contribution is 5.71. The maximum Gasteiger partial charge on any atom is 0.306 e. The third-order valence-electron chi connectivity index (χ3n) is 10.1. The molecule has 342 valence electrons. The van der Waals surface area contributed by atoms with E-state index in [0.29, 0.717) is 19.3 Å². The molecule has 0 aromatic rings. The molecule has 0 rings (SSSR count). The molecule has 0 heterocycles. The summed E-state index contributed by atoms with van der Waals surface area (Å²) in [5.41, 5.74) is 0. The van der Waals surface area contributed by atoms with Crippen LogP contribution in [0.2, 0.25) is 0 Å². The van der Waals surface area contributed by atoms with E-state index in [1.807, 2.05) is 0 Å². The van der Waals surface area contributed by atoms with E-state index in [1.165, 1.54) is 57.8 Å². The molecule has 0 bridgehead atoms. The molecule has 60 heavy (non-hydrogen) atoms. The van der Waals surface area contributed by atoms with Gasteiger partial charge in [-0.25, -0.2) is 0 Å². The van der Waals surface area contributed by atoms with Gasteiger partial charge in [0.15, 0.2) is 6.10 Å². The van der Waals surface area contributed by atoms with Gasteiger partial charge in [-0.3, -0.25) is 14.4 Å². The fourth-order valence-electron chi connectivity index (χ4n) is 6.46. The SMILES string of the molecule is CC/C=C\C/C=C\C/C=C\C/C=C\CCCCCCCCC(=O)OCC(COC(=O)CCCC/C=C\C/C=C\CC)OC(=O)CCCCC/C=C\CCCCCCCCC. The van der Waals surface area contributed by atoms with Crippen LogP contribution in [0.15, 0.2) is 85.1 Å². The summed E-state index contributed by atoms with van der Waals surface area (Å²) in [5.74, 6) is -0.972. The van der Waals surface area contributed by atoms with Gasteiger partial charge in [0.05, 0.1) is 0 Å². The second-order valence-corrected chi connectivity index (χ2v) is 16.0. The topological polar surface area (TPSA) is 78.9 Å². The molecule has 0 aromatic carbocycles. The van der Waals surface area contributed by atoms with Crippen LogP contribution in [-0.2, 0) is 28.6 Å². The lowest BCUT2D eigenvalue weighted by atomic mass is 10.1. The molecule has 0 saturated carbocycles. The van der Waals surface area contributed by atoms with Crippen molar-refractivity contribution < 1.29 is 28.6 Å². The minimum atomic E-state index is -0.802. The Bertz CT molecular complexity index is 1190. The largest absolute Gasteiger partial charge is 0.462 e. The lowest BCUT2D eigenvalue weighted by Crippen LogP contribution is -2.30. The van der Waals surface area contributed by atoms with Gasteiger partial charge < -0.3 is 14.2 Å². The highest BCUT2D eigenvalue weighted by atomic mass is 16.6. The van der Waals surface area contributed by atoms with Crippen molar-refractivity contribution in [3.8, 4) is 0 Å². The van der Waals surface area contributed by atoms with Crippen molar-refractivity contribution in [1.29, 1.82) is 0 Å². The number of rotatable bonds is 43. The molecule has 0 amide bonds. The minimum absolute atomic E-state index is 0.101. The molecule has 0 aliphatic rings. The van der Waals surface area contributed by atoms with Gasteiger partial charge >= 0.3 is 17.9 Å². The molecule has 1 atom stereocenters. The van der Waals surface area contributed by atoms with Crippen LogP contribution in [0.4, 0.5) is 0 Å². The average Bonchev–Trinajstić information content (AvgIpc) is 3.24. The van der Waals surface area contributed by atoms with Gasteiger partial charge in [0, 0.05) is 19.3 Å². The van der Waals surface area contributed by atoms with Crippen LogP contribution in [0.1, 0.15) is 220 Å². The average molecular weight is 835 g/mol. The number of esters is 3. The summed E-state index contributed by atoms with van der Waals surface area (Å²) in [7, 11) is 0. The molecular weight excluding hydrogens is 745 g/mol. The summed E-state index contributed by atoms with van der Waals surface area (Å²) < 4.78 is 16.7. The van der Waals surface area contributed by atoms with Crippen LogP contribution in [0.3, 0.4) is 0 Å². The third-order valence-corrected chi connectivity index (χ3v) is 10.1. The second kappa shape index (κ2) is 48.3. The molecule has 0 aliphatic heterocycles. The first-order chi connectivity index (χ1) is 29.5. The Morgan fingerprint density at radius 2 is 0.650 bits per heavy atom. The van der Waals surface area contributed by atoms with Crippen LogP contribution in [0, 0.1) is 0 Å². The van der Waals surface area contributed by atoms with Gasteiger partial charge in [-0.2, -0.15) is 0 Å². The standard InChI is InChI=1S/C54H90O6/c1-4-7-10-13-16-19-21-23-25-26-27-28-29-31-32-35-38-41-44-47-53(56)59-50-51(49-58-52(55)46-43-40-37-34-18-15-12-9-6-3)60-54(57)48-45-42-39-36-33-30-24-22-20-17-14-11-8-5-2/h7,9-10,12,16,18-19,23,25,27-28,30,33-34,51H,4-6,8,11,13-15,17,20-22,24,26,29,31-32,35-50H2,1-3H3/b10-7-,12-9-,19-16-,25-23-,28-27-,33-30-,34-18-. The minimum Gasteiger partial charge on any atom is -0.462 e. The molecule has 0 radical (unpaired) electrons. The van der Waals surface area contributed by atoms with E-state index in [1.54, 1.807) is 0 Å². The Balaban J connectivity index is 4.39. The van der Waals surface area contributed by atoms with Crippen LogP contribution >= 0.6 is 0 Å². The normalized spacial score (nSPS) is 12.8. The van der Waals surface area contributed by atoms with Crippen LogP contribution in [0.25, 0.3) is 0 Å². The molecule has 6 heteroatoms. The van der Waals surface area contributed by atoms with E-state index in [4.69, 9.17) is 14.2 Å². The van der Waals surface area contributed by atoms with E-state index >= 15 is 0 Å². The number of hydrogen-bond acceptors (Lipinski definition) is 6. The Morgan fingerprint density at radius 3 is 1.08 bits per heavy atom. The number of carbonyl (C=O) groups excluding carboxylic acids is 3. The monoisotopic (exact) mass is 835 g/mol. The van der Waals surface area contributed by atoms with Crippen molar-refractivity contribution in [3.05, 3.63) is 85.1 Å². The lowest BCUT2D eigenvalue weighted by Gasteiger charge is -2.18. The van der Waals surface area contributed by atoms with E-state index in [9.17, 15) is 14.4 Å². The van der Waals surface area contributed by atoms with Crippen molar-refractivity contribution in [2.75, 3.05) is 13.2 Å². The molecule has 1 unspecified atom stereocenters. The predicted octanol–water partition coefficient (Wildman–Crippen LogP) is 16.0. The zero-order valence-electron chi connectivity index (χ0n) is 38.9. The van der Waals surface area contributed by atoms with E-state index in [0.717, 1.165) is 122 Å². The van der Waals surface area contributed by atoms with Gasteiger partial charge in [-0.05, 0) is 109 Å². The van der Waals surface area contributed by atoms with Crippen LogP contribution in [-0.4, -0.2) is 37.2 Å². The van der Waals surface area contributed by atoms with E-state index in [-0.39, 0.29) is 31.1 Å². The Morgan fingerprint density at radius 1 is 0.350 bits per heavy atom. The number of hydrogen-bond donors (Lipinski definition) is 0. The predicted molar refractivity (Wildman–Crippen MR) is 256 cm³/mol. The number of unbranched alkanes of at least 4 members (excludes halogenated alkanes) is 18. The van der Waals surface area contributed by atoms with Crippen LogP contribution < -0.4 is 0 Å². The molecule has 0 N–H and O–H groups in total. The zero-order chi connectivity index (χ0) is 43.7. The first kappa shape index (κ1) is 56.6. The quantitative estimate of drug-likeness (QED) is 0.0263. The van der Waals surface area contributed by atoms with Gasteiger partial charge in [0.2, 0.25) is 0 Å². The second-order valence-electron chi connectivity index (χ2n) is 16.0. The molecule has 0 fully saturated rings. The smallest absolute Gasteiger partial charge is 0.306 e. The first-order valence-electron chi connectivity index (χ1n) is 24.6. The van der Waals surface area contributed by atoms with E-state index < -0.39 is 6.10 Å². The maximum absolute atomic E-state index is 12.7. The van der Waals surface area contributed by atoms with Crippen molar-refractivity contribution >= 4 is 17.9 Å². The Kier molecular flexibility index (Phi) is 45.5. The molecule has 0 aliphatic carbocycles. The Hall–Kier alpha value is -3.41. The van der Waals surface area contributed by atoms with Crippen molar-refractivity contribution in [2.45, 2.75) is 226 Å². The van der Waals surface area contributed by atoms with Crippen molar-refractivity contribution in [3.63, 3.8) is 0 Å². The van der Waals surface area contributed by atoms with Gasteiger partial charge in [0.1, 0.15) is 13.2 Å². The molecular formula is C54H90O6. The fourth-order valence-corrected chi connectivity index (χ4v) is 6.46. The summed E-state index contributed by atoms with van der Waals surface area (Å²) in [6.07, 6.45) is 61.5. The highest BCUT2D eigenvalue weighted by Crippen LogP contribution is 2.13. The summed E-state index contributed by atoms with van der Waals surface area (Å²) >= 11 is 0.